The molecule has 0 aliphatic carbocycles. The zero-order chi connectivity index (χ0) is 91.2. The van der Waals surface area contributed by atoms with Gasteiger partial charge in [-0.1, -0.05) is 7.43 Å². The molecule has 0 spiro atoms. The molecule has 0 bridgehead atoms. The van der Waals surface area contributed by atoms with Gasteiger partial charge >= 0.3 is 158 Å². The number of nitrogens with one attached hydrogen (secondary N) is 1. The third kappa shape index (κ3) is 53.5. The molecular weight excluding hydrogens is 1730 g/mol. The molecule has 0 unspecified atom stereocenters. The molecule has 2 aromatic rings. The number of hydrogen-bond donors (Lipinski definition) is 1. The van der Waals surface area contributed by atoms with Crippen molar-refractivity contribution in [3.8, 4) is 0 Å². The maximum absolute atomic E-state index is 13.8. The van der Waals surface area contributed by atoms with E-state index in [1.54, 1.807) is 165 Å². The summed E-state index contributed by atoms with van der Waals surface area (Å²) in [6.07, 6.45) is -5.04. The zero-order valence-corrected chi connectivity index (χ0v) is 86.0. The first-order chi connectivity index (χ1) is 54.3. The van der Waals surface area contributed by atoms with Gasteiger partial charge in [0, 0.05) is 157 Å². The number of nitrogens with zero attached hydrogens (tertiary/aromatic N) is 17. The van der Waals surface area contributed by atoms with Crippen molar-refractivity contribution < 1.29 is 205 Å². The van der Waals surface area contributed by atoms with Gasteiger partial charge in [-0.15, -0.1) is 0 Å². The molecule has 5 rings (SSSR count). The van der Waals surface area contributed by atoms with Gasteiger partial charge in [-0.2, -0.15) is 29.9 Å². The summed E-state index contributed by atoms with van der Waals surface area (Å²) in [5.41, 5.74) is -6.89. The maximum Gasteiger partial charge on any atom is 1.00 e. The van der Waals surface area contributed by atoms with Crippen LogP contribution >= 0.6 is 46.4 Å². The molecule has 5 heterocycles. The fourth-order valence-corrected chi connectivity index (χ4v) is 10.9. The normalized spacial score (nSPS) is 16.0. The maximum atomic E-state index is 13.8. The van der Waals surface area contributed by atoms with Crippen LogP contribution < -0.4 is 123 Å². The standard InChI is InChI=1S/C49H86ClN11O12.C23H44N4O6.C3Cl3N3.CH2O3.CH4.2K.H/c1-44(2,3)68-38(62)56-23-19-54(20-24-57(39(63)69-45(4,5)6)28-32-60(31-27-56)42(66)72-48(13,14)15)36-51-35(50)52-37(53-36)55-21-25-58(40(64)70-46(7,8)9)29-33-61(43(67)73-49(16,17)18)34-30-59(26-22-55)41(65)71-47(10,11)12;1-21(2,3)31-18(28)25-12-10-24-11-13-26(19(29)32-22(4,5)6)15-17-27(16-14-25)20(30)33-23(7,8)9;4-1-7-2(5)9-3(6)8-1;2-1-4-3;;;;/h19-34H2,1-18H3;24H,10-17H2,1-9H3;;1,3H;1H4;;;/q;;;;;2*+1;-1/p-1. The third-order valence-electron chi connectivity index (χ3n) is 15.1. The van der Waals surface area contributed by atoms with Gasteiger partial charge in [-0.25, -0.2) is 43.2 Å². The molecule has 9 amide bonds. The molecule has 2 aromatic heterocycles. The Bertz CT molecular complexity index is 3300. The minimum atomic E-state index is -0.840. The van der Waals surface area contributed by atoms with Crippen LogP contribution in [0, 0.1) is 0 Å². The number of ether oxygens (including phenoxy) is 9. The summed E-state index contributed by atoms with van der Waals surface area (Å²) in [6.45, 7) is 51.7. The van der Waals surface area contributed by atoms with E-state index in [-0.39, 0.29) is 282 Å². The van der Waals surface area contributed by atoms with E-state index < -0.39 is 105 Å². The van der Waals surface area contributed by atoms with Crippen molar-refractivity contribution >= 4 is 120 Å². The molecule has 0 radical (unpaired) electrons. The molecule has 0 saturated carbocycles. The van der Waals surface area contributed by atoms with E-state index in [1.807, 2.05) is 41.5 Å². The van der Waals surface area contributed by atoms with Crippen LogP contribution in [-0.2, 0) is 52.3 Å². The van der Waals surface area contributed by atoms with Gasteiger partial charge < -0.3 is 113 Å². The first-order valence-electron chi connectivity index (χ1n) is 39.2. The monoisotopic (exact) mass is 1870 g/mol. The Kier molecular flexibility index (Phi) is 52.3. The minimum absolute atomic E-state index is 0. The molecule has 3 saturated heterocycles. The molecule has 45 heteroatoms. The van der Waals surface area contributed by atoms with Gasteiger partial charge in [-0.3, -0.25) is 4.79 Å². The molecule has 1 N–H and O–H groups in total. The van der Waals surface area contributed by atoms with E-state index in [4.69, 9.17) is 104 Å². The number of halogens is 4. The average Bonchev–Trinajstić information content (AvgIpc) is 0.820. The summed E-state index contributed by atoms with van der Waals surface area (Å²) in [7, 11) is 0. The number of hydrogen-bond acceptors (Lipinski definition) is 30. The number of amides is 9. The van der Waals surface area contributed by atoms with Crippen LogP contribution in [0.2, 0.25) is 21.1 Å². The Morgan fingerprint density at radius 3 is 0.549 bits per heavy atom. The second kappa shape index (κ2) is 53.6. The van der Waals surface area contributed by atoms with E-state index >= 15 is 0 Å². The minimum Gasteiger partial charge on any atom is -1.00 e. The Balaban J connectivity index is -0.00000236. The number of aromatic nitrogens is 6. The summed E-state index contributed by atoms with van der Waals surface area (Å²) in [4.78, 5) is 174. The molecule has 690 valence electrons. The molecule has 0 atom stereocenters. The van der Waals surface area contributed by atoms with Crippen molar-refractivity contribution in [3.05, 3.63) is 21.1 Å². The molecule has 3 fully saturated rings. The van der Waals surface area contributed by atoms with Gasteiger partial charge in [0.2, 0.25) is 33.0 Å². The Hall–Kier alpha value is -5.13. The average molecular weight is 1870 g/mol. The number of anilines is 2. The SMILES string of the molecule is C.CC(C)(C)OC(=O)N1CCN(C(=O)OC(C)(C)C)CCN(c2nc(Cl)nc(N3CCN(C(=O)OC(C)(C)C)CCN(C(=O)OC(C)(C)C)CCN(C(=O)OC(C)(C)C)CC3)n2)CCN(C(=O)OC(C)(C)C)CC1.CC(C)(C)OC(=O)N1CCNCCN(C(=O)OC(C)(C)C)CCN(C(=O)OC(C)(C)C)CC1.Clc1nc(Cl)nc(Cl)n1.O=CO[O-].[H-].[K+].[K+]. The molecule has 3 aliphatic heterocycles. The van der Waals surface area contributed by atoms with Gasteiger partial charge in [0.05, 0.1) is 0 Å². The van der Waals surface area contributed by atoms with Crippen LogP contribution in [0.15, 0.2) is 0 Å². The smallest absolute Gasteiger partial charge is 1.00 e. The molecule has 122 heavy (non-hydrogen) atoms. The Morgan fingerprint density at radius 2 is 0.410 bits per heavy atom. The fraction of sp³-hybridized carbons (Fsp3) is 0.792. The predicted octanol–water partition coefficient (Wildman–Crippen LogP) is 5.91. The number of rotatable bonds is 3. The summed E-state index contributed by atoms with van der Waals surface area (Å²) < 4.78 is 51.4. The van der Waals surface area contributed by atoms with Crippen molar-refractivity contribution in [2.45, 2.75) is 245 Å². The topological polar surface area (TPSA) is 411 Å². The summed E-state index contributed by atoms with van der Waals surface area (Å²) >= 11 is 22.7. The van der Waals surface area contributed by atoms with Gasteiger partial charge in [-0.05, 0) is 233 Å². The van der Waals surface area contributed by atoms with Crippen LogP contribution in [0.4, 0.5) is 55.0 Å². The van der Waals surface area contributed by atoms with Crippen LogP contribution in [0.3, 0.4) is 0 Å². The summed E-state index contributed by atoms with van der Waals surface area (Å²) in [5, 5.41) is 11.5. The van der Waals surface area contributed by atoms with Crippen molar-refractivity contribution in [2.24, 2.45) is 0 Å². The van der Waals surface area contributed by atoms with E-state index in [0.717, 1.165) is 0 Å². The van der Waals surface area contributed by atoms with E-state index in [9.17, 15) is 43.2 Å². The van der Waals surface area contributed by atoms with E-state index in [0.29, 0.717) is 26.2 Å². The van der Waals surface area contributed by atoms with Gasteiger partial charge in [0.25, 0.3) is 6.47 Å². The van der Waals surface area contributed by atoms with Gasteiger partial charge in [0.1, 0.15) is 50.4 Å². The van der Waals surface area contributed by atoms with Crippen LogP contribution in [-0.4, -0.2) is 343 Å². The predicted molar refractivity (Wildman–Crippen MR) is 452 cm³/mol. The quantitative estimate of drug-likeness (QED) is 0.123. The molecule has 3 aliphatic rings. The molecular formula is C77H136Cl4K2N18O21. The van der Waals surface area contributed by atoms with Crippen LogP contribution in [0.5, 0.6) is 0 Å². The largest absolute Gasteiger partial charge is 1.00 e. The zero-order valence-electron chi connectivity index (χ0n) is 77.7. The molecule has 0 aromatic carbocycles. The van der Waals surface area contributed by atoms with Crippen molar-refractivity contribution in [1.29, 1.82) is 0 Å². The van der Waals surface area contributed by atoms with Crippen molar-refractivity contribution in [3.63, 3.8) is 0 Å². The summed E-state index contributed by atoms with van der Waals surface area (Å²) in [6, 6.07) is 0. The Morgan fingerprint density at radius 1 is 0.279 bits per heavy atom. The van der Waals surface area contributed by atoms with Crippen LogP contribution in [0.1, 0.15) is 196 Å². The summed E-state index contributed by atoms with van der Waals surface area (Å²) in [5.74, 6) is 0.200. The van der Waals surface area contributed by atoms with Crippen LogP contribution in [0.25, 0.3) is 0 Å². The third-order valence-corrected chi connectivity index (χ3v) is 15.8. The first-order valence-corrected chi connectivity index (χ1v) is 40.7. The fourth-order valence-electron chi connectivity index (χ4n) is 10.1. The second-order valence-electron chi connectivity index (χ2n) is 36.5. The van der Waals surface area contributed by atoms with E-state index in [2.05, 4.69) is 35.1 Å². The Labute approximate surface area is 828 Å². The van der Waals surface area contributed by atoms with Crippen molar-refractivity contribution in [1.82, 2.24) is 79.3 Å². The number of carbonyl (C=O) groups is 10. The van der Waals surface area contributed by atoms with Gasteiger partial charge in [0.15, 0.2) is 0 Å². The number of carbonyl (C=O) groups excluding carboxylic acids is 10. The molecule has 39 nitrogen and oxygen atoms in total. The van der Waals surface area contributed by atoms with Crippen molar-refractivity contribution in [2.75, 3.05) is 167 Å². The van der Waals surface area contributed by atoms with E-state index in [1.165, 1.54) is 34.3 Å². The second-order valence-corrected chi connectivity index (χ2v) is 37.8. The first kappa shape index (κ1) is 119.